The van der Waals surface area contributed by atoms with Crippen molar-refractivity contribution in [3.05, 3.63) is 46.8 Å². The number of aromatic amines is 1. The summed E-state index contributed by atoms with van der Waals surface area (Å²) >= 11 is 1.24. The number of para-hydroxylation sites is 1. The van der Waals surface area contributed by atoms with Crippen LogP contribution in [-0.2, 0) is 11.3 Å². The Hall–Kier alpha value is -3.20. The van der Waals surface area contributed by atoms with E-state index in [4.69, 9.17) is 9.72 Å². The zero-order valence-corrected chi connectivity index (χ0v) is 18.8. The van der Waals surface area contributed by atoms with E-state index in [9.17, 15) is 9.59 Å². The summed E-state index contributed by atoms with van der Waals surface area (Å²) in [6.45, 7) is 8.09. The number of esters is 1. The molecule has 1 N–H and O–H groups in total. The minimum absolute atomic E-state index is 0.138. The molecule has 1 unspecified atom stereocenters. The molecule has 31 heavy (non-hydrogen) atoms. The molecular weight excluding hydrogens is 414 g/mol. The molecule has 3 aromatic heterocycles. The number of aryl methyl sites for hydroxylation is 2. The molecule has 1 aromatic carbocycles. The number of Topliss-reactive ketones (excluding diaryl/α,β-unsaturated/α-hetero) is 1. The van der Waals surface area contributed by atoms with Crippen molar-refractivity contribution in [2.75, 3.05) is 7.11 Å². The maximum Gasteiger partial charge on any atom is 0.339 e. The highest BCUT2D eigenvalue weighted by atomic mass is 32.2. The summed E-state index contributed by atoms with van der Waals surface area (Å²) in [6, 6.07) is 8.00. The standard InChI is InChI=1S/C22H23N5O3S/c1-6-27-15-10-8-7-9-14(15)18-20(27)24-22(26-25-18)31-13(4)19(28)17-11(2)16(12(3)23-17)21(29)30-5/h7-10,13,23H,6H2,1-5H3. The number of carbonyl (C=O) groups excluding carboxylic acids is 2. The molecule has 0 saturated carbocycles. The number of nitrogens with one attached hydrogen (secondary N) is 1. The number of aromatic nitrogens is 5. The summed E-state index contributed by atoms with van der Waals surface area (Å²) in [5.41, 5.74) is 4.55. The Morgan fingerprint density at radius 3 is 2.68 bits per heavy atom. The van der Waals surface area contributed by atoms with E-state index in [0.29, 0.717) is 27.7 Å². The smallest absolute Gasteiger partial charge is 0.339 e. The largest absolute Gasteiger partial charge is 0.465 e. The van der Waals surface area contributed by atoms with Gasteiger partial charge in [0, 0.05) is 17.6 Å². The highest BCUT2D eigenvalue weighted by Gasteiger charge is 2.27. The lowest BCUT2D eigenvalue weighted by Crippen LogP contribution is -2.16. The van der Waals surface area contributed by atoms with Crippen LogP contribution in [0, 0.1) is 13.8 Å². The normalized spacial score (nSPS) is 12.4. The summed E-state index contributed by atoms with van der Waals surface area (Å²) in [4.78, 5) is 32.8. The Bertz CT molecular complexity index is 1320. The van der Waals surface area contributed by atoms with Crippen molar-refractivity contribution >= 4 is 45.6 Å². The zero-order valence-electron chi connectivity index (χ0n) is 18.0. The molecule has 0 bridgehead atoms. The molecule has 0 aliphatic carbocycles. The number of fused-ring (bicyclic) bond motifs is 3. The second kappa shape index (κ2) is 8.14. The number of hydrogen-bond acceptors (Lipinski definition) is 7. The van der Waals surface area contributed by atoms with E-state index >= 15 is 0 Å². The monoisotopic (exact) mass is 437 g/mol. The van der Waals surface area contributed by atoms with E-state index in [2.05, 4.69) is 26.7 Å². The number of H-pyrrole nitrogens is 1. The number of nitrogens with zero attached hydrogens (tertiary/aromatic N) is 4. The van der Waals surface area contributed by atoms with Crippen LogP contribution in [0.25, 0.3) is 22.1 Å². The van der Waals surface area contributed by atoms with E-state index in [1.54, 1.807) is 20.8 Å². The number of hydrogen-bond donors (Lipinski definition) is 1. The van der Waals surface area contributed by atoms with Crippen LogP contribution in [0.15, 0.2) is 29.4 Å². The van der Waals surface area contributed by atoms with Crippen LogP contribution in [0.5, 0.6) is 0 Å². The van der Waals surface area contributed by atoms with Crippen molar-refractivity contribution in [3.8, 4) is 0 Å². The number of ether oxygens (including phenoxy) is 1. The molecule has 4 aromatic rings. The number of thioether (sulfide) groups is 1. The first-order chi connectivity index (χ1) is 14.9. The highest BCUT2D eigenvalue weighted by molar-refractivity contribution is 8.00. The third-order valence-corrected chi connectivity index (χ3v) is 6.35. The van der Waals surface area contributed by atoms with Crippen LogP contribution in [0.2, 0.25) is 0 Å². The fraction of sp³-hybridized carbons (Fsp3) is 0.318. The SMILES string of the molecule is CCn1c2ccccc2c2nnc(SC(C)C(=O)c3[nH]c(C)c(C(=O)OC)c3C)nc21. The van der Waals surface area contributed by atoms with Gasteiger partial charge in [-0.2, -0.15) is 0 Å². The third kappa shape index (κ3) is 3.48. The minimum Gasteiger partial charge on any atom is -0.465 e. The van der Waals surface area contributed by atoms with Crippen molar-refractivity contribution in [2.45, 2.75) is 44.6 Å². The molecule has 0 aliphatic rings. The number of ketones is 1. The predicted octanol–water partition coefficient (Wildman–Crippen LogP) is 4.09. The third-order valence-electron chi connectivity index (χ3n) is 5.40. The molecule has 4 rings (SSSR count). The summed E-state index contributed by atoms with van der Waals surface area (Å²) in [5, 5.41) is 9.62. The van der Waals surface area contributed by atoms with Gasteiger partial charge in [0.05, 0.1) is 29.1 Å². The quantitative estimate of drug-likeness (QED) is 0.275. The molecule has 0 fully saturated rings. The van der Waals surface area contributed by atoms with Crippen molar-refractivity contribution in [1.82, 2.24) is 24.7 Å². The lowest BCUT2D eigenvalue weighted by atomic mass is 10.1. The van der Waals surface area contributed by atoms with Gasteiger partial charge >= 0.3 is 5.97 Å². The molecule has 3 heterocycles. The topological polar surface area (TPSA) is 103 Å². The van der Waals surface area contributed by atoms with Crippen molar-refractivity contribution in [3.63, 3.8) is 0 Å². The van der Waals surface area contributed by atoms with Gasteiger partial charge in [-0.05, 0) is 39.3 Å². The number of rotatable bonds is 6. The first-order valence-corrected chi connectivity index (χ1v) is 10.8. The Morgan fingerprint density at radius 2 is 1.97 bits per heavy atom. The molecule has 0 radical (unpaired) electrons. The molecule has 1 atom stereocenters. The first kappa shape index (κ1) is 21.0. The molecule has 0 spiro atoms. The minimum atomic E-state index is -0.471. The summed E-state index contributed by atoms with van der Waals surface area (Å²) in [5.74, 6) is -0.600. The van der Waals surface area contributed by atoms with Gasteiger partial charge in [0.2, 0.25) is 5.16 Å². The molecule has 160 valence electrons. The average Bonchev–Trinajstić information content (AvgIpc) is 3.25. The van der Waals surface area contributed by atoms with E-state index in [-0.39, 0.29) is 5.78 Å². The van der Waals surface area contributed by atoms with Gasteiger partial charge in [0.25, 0.3) is 0 Å². The van der Waals surface area contributed by atoms with Crippen LogP contribution >= 0.6 is 11.8 Å². The fourth-order valence-electron chi connectivity index (χ4n) is 3.88. The van der Waals surface area contributed by atoms with Gasteiger partial charge in [0.1, 0.15) is 5.52 Å². The summed E-state index contributed by atoms with van der Waals surface area (Å²) in [7, 11) is 1.32. The van der Waals surface area contributed by atoms with Crippen LogP contribution in [0.4, 0.5) is 0 Å². The lowest BCUT2D eigenvalue weighted by molar-refractivity contribution is 0.0599. The maximum atomic E-state index is 13.1. The second-order valence-corrected chi connectivity index (χ2v) is 8.58. The van der Waals surface area contributed by atoms with E-state index in [1.807, 2.05) is 24.3 Å². The molecule has 8 nitrogen and oxygen atoms in total. The molecule has 0 saturated heterocycles. The maximum absolute atomic E-state index is 13.1. The van der Waals surface area contributed by atoms with Crippen molar-refractivity contribution in [2.24, 2.45) is 0 Å². The van der Waals surface area contributed by atoms with Crippen molar-refractivity contribution in [1.29, 1.82) is 0 Å². The summed E-state index contributed by atoms with van der Waals surface area (Å²) in [6.07, 6.45) is 0. The molecule has 9 heteroatoms. The van der Waals surface area contributed by atoms with Gasteiger partial charge in [-0.15, -0.1) is 10.2 Å². The zero-order chi connectivity index (χ0) is 22.3. The summed E-state index contributed by atoms with van der Waals surface area (Å²) < 4.78 is 6.92. The molecule has 0 amide bonds. The van der Waals surface area contributed by atoms with E-state index in [1.165, 1.54) is 18.9 Å². The second-order valence-electron chi connectivity index (χ2n) is 7.27. The van der Waals surface area contributed by atoms with E-state index in [0.717, 1.165) is 28.6 Å². The van der Waals surface area contributed by atoms with Crippen LogP contribution < -0.4 is 0 Å². The van der Waals surface area contributed by atoms with Gasteiger partial charge < -0.3 is 14.3 Å². The lowest BCUT2D eigenvalue weighted by Gasteiger charge is -2.09. The first-order valence-electron chi connectivity index (χ1n) is 9.97. The van der Waals surface area contributed by atoms with Gasteiger partial charge in [-0.1, -0.05) is 30.0 Å². The van der Waals surface area contributed by atoms with Crippen LogP contribution in [-0.4, -0.2) is 48.8 Å². The Morgan fingerprint density at radius 1 is 1.23 bits per heavy atom. The van der Waals surface area contributed by atoms with Crippen molar-refractivity contribution < 1.29 is 14.3 Å². The molecule has 0 aliphatic heterocycles. The fourth-order valence-corrected chi connectivity index (χ4v) is 4.65. The highest BCUT2D eigenvalue weighted by Crippen LogP contribution is 2.29. The van der Waals surface area contributed by atoms with Gasteiger partial charge in [-0.3, -0.25) is 4.79 Å². The van der Waals surface area contributed by atoms with Crippen LogP contribution in [0.3, 0.4) is 0 Å². The van der Waals surface area contributed by atoms with E-state index < -0.39 is 11.2 Å². The molecular formula is C22H23N5O3S. The number of carbonyl (C=O) groups is 2. The number of methoxy groups -OCH3 is 1. The van der Waals surface area contributed by atoms with Crippen LogP contribution in [0.1, 0.15) is 46.0 Å². The van der Waals surface area contributed by atoms with Gasteiger partial charge in [-0.25, -0.2) is 9.78 Å². The Kier molecular flexibility index (Phi) is 5.53. The average molecular weight is 438 g/mol. The van der Waals surface area contributed by atoms with Gasteiger partial charge in [0.15, 0.2) is 11.4 Å². The Balaban J connectivity index is 1.66. The Labute approximate surface area is 183 Å². The number of benzene rings is 1. The predicted molar refractivity (Wildman–Crippen MR) is 120 cm³/mol.